The Morgan fingerprint density at radius 1 is 0.631 bits per heavy atom. The van der Waals surface area contributed by atoms with Crippen molar-refractivity contribution in [1.82, 2.24) is 40.4 Å². The van der Waals surface area contributed by atoms with Crippen molar-refractivity contribution in [2.75, 3.05) is 33.5 Å². The fourth-order valence-corrected chi connectivity index (χ4v) is 10.5. The maximum Gasteiger partial charge on any atom is 0.407 e. The molecule has 4 amide bonds. The number of aromatic amines is 2. The van der Waals surface area contributed by atoms with E-state index >= 15 is 0 Å². The Balaban J connectivity index is 0.877. The Hall–Kier alpha value is -6.26. The van der Waals surface area contributed by atoms with E-state index in [-0.39, 0.29) is 47.8 Å². The number of alkyl carbamates (subject to hydrolysis) is 1. The lowest BCUT2D eigenvalue weighted by Crippen LogP contribution is -2.54. The molecule has 4 aliphatic rings. The highest BCUT2D eigenvalue weighted by Gasteiger charge is 2.44. The van der Waals surface area contributed by atoms with Crippen molar-refractivity contribution in [2.45, 2.75) is 101 Å². The Kier molecular flexibility index (Phi) is 12.9. The summed E-state index contributed by atoms with van der Waals surface area (Å²) in [6.45, 7) is 6.19. The quantitative estimate of drug-likeness (QED) is 0.0879. The number of ether oxygens (including phenoxy) is 3. The van der Waals surface area contributed by atoms with Crippen molar-refractivity contribution in [3.8, 4) is 33.6 Å². The van der Waals surface area contributed by atoms with Crippen LogP contribution in [0, 0.1) is 11.8 Å². The molecular formula is C49H58N8O8. The lowest BCUT2D eigenvalue weighted by Gasteiger charge is -2.36. The van der Waals surface area contributed by atoms with Gasteiger partial charge < -0.3 is 49.7 Å². The zero-order valence-corrected chi connectivity index (χ0v) is 37.1. The third-order valence-electron chi connectivity index (χ3n) is 14.1. The number of H-pyrrole nitrogens is 2. The first-order valence-corrected chi connectivity index (χ1v) is 22.9. The van der Waals surface area contributed by atoms with Gasteiger partial charge in [0.1, 0.15) is 23.7 Å². The van der Waals surface area contributed by atoms with E-state index in [9.17, 15) is 24.3 Å². The van der Waals surface area contributed by atoms with Gasteiger partial charge >= 0.3 is 12.2 Å². The molecule has 16 heteroatoms. The van der Waals surface area contributed by atoms with Crippen LogP contribution in [0.4, 0.5) is 9.59 Å². The number of carboxylic acid groups (broad SMARTS) is 1. The van der Waals surface area contributed by atoms with Crippen LogP contribution in [-0.4, -0.2) is 117 Å². The highest BCUT2D eigenvalue weighted by Crippen LogP contribution is 2.40. The van der Waals surface area contributed by atoms with Crippen LogP contribution in [0.5, 0.6) is 0 Å². The molecule has 6 heterocycles. The predicted octanol–water partition coefficient (Wildman–Crippen LogP) is 7.61. The molecule has 0 radical (unpaired) electrons. The number of carbonyl (C=O) groups excluding carboxylic acids is 3. The molecule has 5 aromatic rings. The average Bonchev–Trinajstić information content (AvgIpc) is 4.17. The molecule has 4 saturated heterocycles. The number of aromatic nitrogens is 4. The van der Waals surface area contributed by atoms with Crippen molar-refractivity contribution in [1.29, 1.82) is 0 Å². The number of imidazole rings is 2. The number of likely N-dealkylation sites (tertiary alicyclic amines) is 2. The molecule has 0 aliphatic carbocycles. The minimum atomic E-state index is -1.20. The molecule has 0 unspecified atom stereocenters. The smallest absolute Gasteiger partial charge is 0.407 e. The molecular weight excluding hydrogens is 829 g/mol. The van der Waals surface area contributed by atoms with E-state index in [4.69, 9.17) is 24.2 Å². The number of carbonyl (C=O) groups is 4. The summed E-state index contributed by atoms with van der Waals surface area (Å²) >= 11 is 0. The van der Waals surface area contributed by atoms with E-state index in [2.05, 4.69) is 81.3 Å². The van der Waals surface area contributed by atoms with E-state index in [0.29, 0.717) is 57.9 Å². The van der Waals surface area contributed by atoms with E-state index in [1.807, 2.05) is 29.8 Å². The summed E-state index contributed by atoms with van der Waals surface area (Å²) in [4.78, 5) is 72.7. The highest BCUT2D eigenvalue weighted by molar-refractivity contribution is 5.91. The molecule has 65 heavy (non-hydrogen) atoms. The molecule has 0 saturated carbocycles. The SMILES string of the molecule is COC(=O)N[C@H](C(=O)N1[C@@H](C)CC[C@H]1c1ncc(-c2ccc3cc(-c4ccc(-c5cnc([C@@H]6CC[C@H](C)N6C(=O)[C@@H](NC(=O)O)C6CCOCC6)[nH]5)cc4)ccc3c2)[nH]1)C1CCOCC1. The number of methoxy groups -OCH3 is 1. The fourth-order valence-electron chi connectivity index (χ4n) is 10.5. The maximum absolute atomic E-state index is 14.2. The number of hydrogen-bond acceptors (Lipinski definition) is 9. The second-order valence-corrected chi connectivity index (χ2v) is 18.0. The summed E-state index contributed by atoms with van der Waals surface area (Å²) < 4.78 is 15.9. The van der Waals surface area contributed by atoms with Crippen LogP contribution in [0.25, 0.3) is 44.4 Å². The second-order valence-electron chi connectivity index (χ2n) is 18.0. The van der Waals surface area contributed by atoms with Crippen molar-refractivity contribution in [3.63, 3.8) is 0 Å². The molecule has 342 valence electrons. The zero-order chi connectivity index (χ0) is 45.2. The standard InChI is InChI=1S/C49H58N8O8/c1-28-4-14-40(56(28)46(58)42(54-48(60)61)32-16-20-64-21-17-32)44-50-26-38(52-44)31-8-6-30(7-9-31)34-10-11-36-25-37(13-12-35(36)24-34)39-27-51-45(53-39)41-15-5-29(2)57(41)47(59)43(55-49(62)63-3)33-18-22-65-23-19-33/h6-13,24-29,32-33,40-43,54H,4-5,14-23H2,1-3H3,(H,50,52)(H,51,53)(H,55,62)(H,60,61)/t28-,29-,40-,41-,42-,43-/m0/s1. The first-order valence-electron chi connectivity index (χ1n) is 22.9. The lowest BCUT2D eigenvalue weighted by molar-refractivity contribution is -0.139. The number of rotatable bonds is 11. The second kappa shape index (κ2) is 19.1. The van der Waals surface area contributed by atoms with Gasteiger partial charge in [0.15, 0.2) is 0 Å². The average molecular weight is 887 g/mol. The number of hydrogen-bond donors (Lipinski definition) is 5. The van der Waals surface area contributed by atoms with Crippen LogP contribution in [-0.2, 0) is 23.8 Å². The Bertz CT molecular complexity index is 2510. The first-order chi connectivity index (χ1) is 31.6. The lowest BCUT2D eigenvalue weighted by atomic mass is 9.90. The molecule has 4 aliphatic heterocycles. The largest absolute Gasteiger partial charge is 0.465 e. The normalized spacial score (nSPS) is 22.8. The summed E-state index contributed by atoms with van der Waals surface area (Å²) in [5.74, 6) is 0.924. The summed E-state index contributed by atoms with van der Waals surface area (Å²) in [7, 11) is 1.31. The Morgan fingerprint density at radius 3 is 1.58 bits per heavy atom. The van der Waals surface area contributed by atoms with E-state index in [0.717, 1.165) is 75.9 Å². The molecule has 4 fully saturated rings. The van der Waals surface area contributed by atoms with Crippen LogP contribution in [0.1, 0.15) is 88.9 Å². The van der Waals surface area contributed by atoms with Crippen LogP contribution in [0.2, 0.25) is 0 Å². The maximum atomic E-state index is 14.2. The van der Waals surface area contributed by atoms with Gasteiger partial charge in [0, 0.05) is 44.1 Å². The van der Waals surface area contributed by atoms with Crippen LogP contribution in [0.3, 0.4) is 0 Å². The summed E-state index contributed by atoms with van der Waals surface area (Å²) in [5, 5.41) is 17.2. The number of amides is 4. The van der Waals surface area contributed by atoms with Gasteiger partial charge in [0.05, 0.1) is 43.0 Å². The predicted molar refractivity (Wildman–Crippen MR) is 242 cm³/mol. The zero-order valence-electron chi connectivity index (χ0n) is 37.1. The number of fused-ring (bicyclic) bond motifs is 1. The minimum absolute atomic E-state index is 0.0179. The molecule has 9 rings (SSSR count). The molecule has 6 atom stereocenters. The Labute approximate surface area is 377 Å². The van der Waals surface area contributed by atoms with E-state index < -0.39 is 24.3 Å². The minimum Gasteiger partial charge on any atom is -0.465 e. The molecule has 0 spiro atoms. The van der Waals surface area contributed by atoms with Gasteiger partial charge in [-0.15, -0.1) is 0 Å². The van der Waals surface area contributed by atoms with Gasteiger partial charge in [-0.2, -0.15) is 0 Å². The monoisotopic (exact) mass is 886 g/mol. The van der Waals surface area contributed by atoms with Gasteiger partial charge in [0.2, 0.25) is 11.8 Å². The summed E-state index contributed by atoms with van der Waals surface area (Å²) in [6, 6.07) is 18.9. The van der Waals surface area contributed by atoms with Crippen molar-refractivity contribution in [2.24, 2.45) is 11.8 Å². The van der Waals surface area contributed by atoms with E-state index in [1.165, 1.54) is 7.11 Å². The van der Waals surface area contributed by atoms with Crippen LogP contribution in [0.15, 0.2) is 73.1 Å². The summed E-state index contributed by atoms with van der Waals surface area (Å²) in [5.41, 5.74) is 5.79. The van der Waals surface area contributed by atoms with Gasteiger partial charge in [0.25, 0.3) is 0 Å². The van der Waals surface area contributed by atoms with Crippen molar-refractivity contribution < 1.29 is 38.5 Å². The van der Waals surface area contributed by atoms with Crippen LogP contribution >= 0.6 is 0 Å². The third-order valence-corrected chi connectivity index (χ3v) is 14.1. The fraction of sp³-hybridized carbons (Fsp3) is 0.469. The highest BCUT2D eigenvalue weighted by atomic mass is 16.5. The molecule has 3 aromatic carbocycles. The molecule has 16 nitrogen and oxygen atoms in total. The first kappa shape index (κ1) is 44.0. The van der Waals surface area contributed by atoms with Crippen LogP contribution < -0.4 is 10.6 Å². The van der Waals surface area contributed by atoms with Gasteiger partial charge in [-0.1, -0.05) is 48.5 Å². The van der Waals surface area contributed by atoms with Crippen molar-refractivity contribution >= 4 is 34.8 Å². The number of nitrogens with zero attached hydrogens (tertiary/aromatic N) is 4. The third kappa shape index (κ3) is 9.19. The van der Waals surface area contributed by atoms with E-state index in [1.54, 1.807) is 6.20 Å². The Morgan fingerprint density at radius 2 is 1.08 bits per heavy atom. The van der Waals surface area contributed by atoms with Crippen molar-refractivity contribution in [3.05, 3.63) is 84.7 Å². The summed E-state index contributed by atoms with van der Waals surface area (Å²) in [6.07, 6.45) is 7.55. The number of nitrogens with one attached hydrogen (secondary N) is 4. The molecule has 2 aromatic heterocycles. The topological polar surface area (TPSA) is 204 Å². The van der Waals surface area contributed by atoms with Gasteiger partial charge in [-0.25, -0.2) is 19.6 Å². The number of benzene rings is 3. The van der Waals surface area contributed by atoms with Gasteiger partial charge in [-0.05, 0) is 117 Å². The van der Waals surface area contributed by atoms with Gasteiger partial charge in [-0.3, -0.25) is 9.59 Å². The molecule has 0 bridgehead atoms. The molecule has 5 N–H and O–H groups in total.